The number of aromatic nitrogens is 1. The lowest BCUT2D eigenvalue weighted by atomic mass is 10.1. The summed E-state index contributed by atoms with van der Waals surface area (Å²) in [7, 11) is 0. The lowest BCUT2D eigenvalue weighted by Crippen LogP contribution is -2.38. The van der Waals surface area contributed by atoms with Gasteiger partial charge in [-0.15, -0.1) is 11.3 Å². The summed E-state index contributed by atoms with van der Waals surface area (Å²) in [6, 6.07) is 17.3. The first kappa shape index (κ1) is 18.6. The fraction of sp³-hybridized carbons (Fsp3) is 0.130. The smallest absolute Gasteiger partial charge is 0.319 e. The van der Waals surface area contributed by atoms with Crippen LogP contribution in [0.25, 0.3) is 10.2 Å². The van der Waals surface area contributed by atoms with Gasteiger partial charge in [-0.25, -0.2) is 9.18 Å². The maximum Gasteiger partial charge on any atom is 0.319 e. The van der Waals surface area contributed by atoms with E-state index in [1.165, 1.54) is 28.4 Å². The van der Waals surface area contributed by atoms with Crippen LogP contribution in [0.2, 0.25) is 0 Å². The van der Waals surface area contributed by atoms with Gasteiger partial charge in [0.15, 0.2) is 11.6 Å². The second-order valence-electron chi connectivity index (χ2n) is 7.19. The van der Waals surface area contributed by atoms with Crippen LogP contribution in [-0.2, 0) is 0 Å². The molecule has 150 valence electrons. The minimum atomic E-state index is -0.596. The molecule has 0 saturated heterocycles. The van der Waals surface area contributed by atoms with Gasteiger partial charge in [0, 0.05) is 36.0 Å². The molecule has 7 heteroatoms. The summed E-state index contributed by atoms with van der Waals surface area (Å²) < 4.78 is 21.5. The van der Waals surface area contributed by atoms with Crippen molar-refractivity contribution >= 4 is 33.3 Å². The van der Waals surface area contributed by atoms with E-state index in [-0.39, 0.29) is 17.7 Å². The van der Waals surface area contributed by atoms with Crippen molar-refractivity contribution in [3.63, 3.8) is 0 Å². The predicted molar refractivity (Wildman–Crippen MR) is 116 cm³/mol. The Bertz CT molecular complexity index is 1230. The minimum absolute atomic E-state index is 0.0815. The van der Waals surface area contributed by atoms with Gasteiger partial charge < -0.3 is 10.5 Å². The summed E-state index contributed by atoms with van der Waals surface area (Å²) in [5.41, 5.74) is 8.01. The van der Waals surface area contributed by atoms with E-state index >= 15 is 0 Å². The van der Waals surface area contributed by atoms with Gasteiger partial charge in [-0.1, -0.05) is 30.3 Å². The number of urea groups is 1. The second kappa shape index (κ2) is 7.42. The Balaban J connectivity index is 1.40. The SMILES string of the molecule is NC(=O)N(c1ccc(Oc2ccnc3ccsc23)c(F)c1)C1CC1c1ccccc1. The molecule has 5 nitrogen and oxygen atoms in total. The Morgan fingerprint density at radius 3 is 2.73 bits per heavy atom. The predicted octanol–water partition coefficient (Wildman–Crippen LogP) is 5.67. The lowest BCUT2D eigenvalue weighted by molar-refractivity contribution is 0.253. The molecule has 1 saturated carbocycles. The van der Waals surface area contributed by atoms with E-state index in [1.807, 2.05) is 41.8 Å². The number of hydrogen-bond donors (Lipinski definition) is 1. The van der Waals surface area contributed by atoms with Crippen LogP contribution in [0.1, 0.15) is 17.9 Å². The summed E-state index contributed by atoms with van der Waals surface area (Å²) >= 11 is 1.48. The summed E-state index contributed by atoms with van der Waals surface area (Å²) in [5, 5.41) is 1.91. The molecular weight excluding hydrogens is 401 g/mol. The van der Waals surface area contributed by atoms with Crippen LogP contribution in [0.4, 0.5) is 14.9 Å². The number of ether oxygens (including phenoxy) is 1. The molecule has 1 fully saturated rings. The number of hydrogen-bond acceptors (Lipinski definition) is 4. The van der Waals surface area contributed by atoms with Crippen molar-refractivity contribution in [2.24, 2.45) is 5.73 Å². The molecule has 1 aliphatic carbocycles. The van der Waals surface area contributed by atoms with Crippen molar-refractivity contribution < 1.29 is 13.9 Å². The summed E-state index contributed by atoms with van der Waals surface area (Å²) in [6.45, 7) is 0. The summed E-state index contributed by atoms with van der Waals surface area (Å²) in [5.74, 6) is 0.262. The standard InChI is InChI=1S/C23H18FN3O2S/c24-17-12-15(27(23(25)28)19-13-16(19)14-4-2-1-3-5-14)6-7-20(17)29-21-8-10-26-18-9-11-30-22(18)21/h1-12,16,19H,13H2,(H2,25,28). The van der Waals surface area contributed by atoms with Crippen LogP contribution in [0.15, 0.2) is 72.2 Å². The third-order valence-corrected chi connectivity index (χ3v) is 6.19. The molecule has 5 rings (SSSR count). The Labute approximate surface area is 176 Å². The number of halogens is 1. The maximum atomic E-state index is 14.9. The molecule has 2 N–H and O–H groups in total. The molecule has 0 aliphatic heterocycles. The van der Waals surface area contributed by atoms with Crippen molar-refractivity contribution in [2.75, 3.05) is 4.90 Å². The third kappa shape index (κ3) is 3.37. The van der Waals surface area contributed by atoms with E-state index in [2.05, 4.69) is 4.98 Å². The Hall–Kier alpha value is -3.45. The number of carbonyl (C=O) groups is 1. The van der Waals surface area contributed by atoms with E-state index in [4.69, 9.17) is 10.5 Å². The second-order valence-corrected chi connectivity index (χ2v) is 8.11. The Kier molecular flexibility index (Phi) is 4.59. The van der Waals surface area contributed by atoms with E-state index in [1.54, 1.807) is 18.3 Å². The van der Waals surface area contributed by atoms with Gasteiger partial charge in [-0.3, -0.25) is 9.88 Å². The van der Waals surface area contributed by atoms with Gasteiger partial charge in [0.2, 0.25) is 0 Å². The van der Waals surface area contributed by atoms with Gasteiger partial charge in [-0.2, -0.15) is 0 Å². The van der Waals surface area contributed by atoms with Gasteiger partial charge in [-0.05, 0) is 35.6 Å². The molecule has 2 aromatic heterocycles. The Morgan fingerprint density at radius 2 is 1.97 bits per heavy atom. The molecule has 2 atom stereocenters. The highest BCUT2D eigenvalue weighted by molar-refractivity contribution is 7.17. The number of amides is 2. The number of fused-ring (bicyclic) bond motifs is 1. The van der Waals surface area contributed by atoms with Crippen LogP contribution in [0.3, 0.4) is 0 Å². The van der Waals surface area contributed by atoms with Crippen molar-refractivity contribution in [1.82, 2.24) is 4.98 Å². The highest BCUT2D eigenvalue weighted by Crippen LogP contribution is 2.46. The van der Waals surface area contributed by atoms with Gasteiger partial charge >= 0.3 is 6.03 Å². The van der Waals surface area contributed by atoms with Crippen molar-refractivity contribution in [3.8, 4) is 11.5 Å². The zero-order valence-electron chi connectivity index (χ0n) is 15.9. The van der Waals surface area contributed by atoms with Crippen LogP contribution in [0, 0.1) is 5.82 Å². The summed E-state index contributed by atoms with van der Waals surface area (Å²) in [6.07, 6.45) is 2.42. The number of pyridine rings is 1. The first-order valence-corrected chi connectivity index (χ1v) is 10.4. The molecule has 2 unspecified atom stereocenters. The number of benzene rings is 2. The third-order valence-electron chi connectivity index (χ3n) is 5.27. The van der Waals surface area contributed by atoms with E-state index < -0.39 is 11.8 Å². The van der Waals surface area contributed by atoms with E-state index in [9.17, 15) is 9.18 Å². The van der Waals surface area contributed by atoms with Crippen LogP contribution in [0.5, 0.6) is 11.5 Å². The van der Waals surface area contributed by atoms with Crippen LogP contribution in [-0.4, -0.2) is 17.1 Å². The highest BCUT2D eigenvalue weighted by atomic mass is 32.1. The number of carbonyl (C=O) groups excluding carboxylic acids is 1. The molecule has 0 bridgehead atoms. The largest absolute Gasteiger partial charge is 0.453 e. The first-order chi connectivity index (χ1) is 14.6. The van der Waals surface area contributed by atoms with Crippen molar-refractivity contribution in [1.29, 1.82) is 0 Å². The van der Waals surface area contributed by atoms with E-state index in [0.29, 0.717) is 11.4 Å². The Morgan fingerprint density at radius 1 is 1.13 bits per heavy atom. The molecule has 0 radical (unpaired) electrons. The fourth-order valence-electron chi connectivity index (χ4n) is 3.78. The first-order valence-electron chi connectivity index (χ1n) is 9.55. The fourth-order valence-corrected chi connectivity index (χ4v) is 4.58. The van der Waals surface area contributed by atoms with E-state index in [0.717, 1.165) is 22.2 Å². The van der Waals surface area contributed by atoms with Crippen LogP contribution >= 0.6 is 11.3 Å². The number of nitrogens with zero attached hydrogens (tertiary/aromatic N) is 2. The number of nitrogens with two attached hydrogens (primary N) is 1. The summed E-state index contributed by atoms with van der Waals surface area (Å²) in [4.78, 5) is 17.9. The molecule has 2 amide bonds. The number of primary amides is 1. The normalized spacial score (nSPS) is 17.6. The zero-order valence-corrected chi connectivity index (χ0v) is 16.7. The number of thiophene rings is 1. The molecular formula is C23H18FN3O2S. The molecule has 2 heterocycles. The number of anilines is 1. The number of rotatable bonds is 5. The van der Waals surface area contributed by atoms with Crippen molar-refractivity contribution in [3.05, 3.63) is 83.6 Å². The average Bonchev–Trinajstić information content (AvgIpc) is 3.36. The zero-order chi connectivity index (χ0) is 20.7. The van der Waals surface area contributed by atoms with Gasteiger partial charge in [0.25, 0.3) is 0 Å². The molecule has 30 heavy (non-hydrogen) atoms. The average molecular weight is 419 g/mol. The van der Waals surface area contributed by atoms with Gasteiger partial charge in [0.1, 0.15) is 5.75 Å². The van der Waals surface area contributed by atoms with Crippen molar-refractivity contribution in [2.45, 2.75) is 18.4 Å². The lowest BCUT2D eigenvalue weighted by Gasteiger charge is -2.21. The van der Waals surface area contributed by atoms with Crippen LogP contribution < -0.4 is 15.4 Å². The molecule has 0 spiro atoms. The maximum absolute atomic E-state index is 14.9. The minimum Gasteiger partial charge on any atom is -0.453 e. The monoisotopic (exact) mass is 419 g/mol. The topological polar surface area (TPSA) is 68.5 Å². The molecule has 2 aromatic carbocycles. The van der Waals surface area contributed by atoms with Gasteiger partial charge in [0.05, 0.1) is 10.2 Å². The molecule has 1 aliphatic rings. The highest BCUT2D eigenvalue weighted by Gasteiger charge is 2.45. The quantitative estimate of drug-likeness (QED) is 0.453. The molecule has 4 aromatic rings.